The Hall–Kier alpha value is -2.02. The number of benzene rings is 2. The monoisotopic (exact) mass is 345 g/mol. The minimum Gasteiger partial charge on any atom is -0.467 e. The number of rotatable bonds is 5. The molecule has 1 N–H and O–H groups in total. The average Bonchev–Trinajstić information content (AvgIpc) is 2.48. The Morgan fingerprint density at radius 3 is 2.17 bits per heavy atom. The largest absolute Gasteiger partial charge is 0.583 e. The van der Waals surface area contributed by atoms with Crippen LogP contribution in [0.25, 0.3) is 11.1 Å². The highest BCUT2D eigenvalue weighted by atomic mass is 32.2. The Balaban J connectivity index is 2.27. The van der Waals surface area contributed by atoms with Crippen molar-refractivity contribution in [2.75, 3.05) is 0 Å². The molecule has 2 aromatic rings. The van der Waals surface area contributed by atoms with Gasteiger partial charge in [-0.3, -0.25) is 0 Å². The van der Waals surface area contributed by atoms with Gasteiger partial charge in [0.05, 0.1) is 0 Å². The summed E-state index contributed by atoms with van der Waals surface area (Å²) in [5, 5.41) is 0. The maximum Gasteiger partial charge on any atom is 0.583 e. The lowest BCUT2D eigenvalue weighted by Gasteiger charge is -2.10. The second-order valence-electron chi connectivity index (χ2n) is 4.97. The molecule has 0 bridgehead atoms. The van der Waals surface area contributed by atoms with Gasteiger partial charge in [-0.2, -0.15) is 0 Å². The lowest BCUT2D eigenvalue weighted by atomic mass is 9.97. The predicted molar refractivity (Wildman–Crippen MR) is 82.5 cm³/mol. The number of halogens is 3. The molecule has 0 fully saturated rings. The van der Waals surface area contributed by atoms with Gasteiger partial charge < -0.3 is 4.18 Å². The zero-order valence-electron chi connectivity index (χ0n) is 12.3. The van der Waals surface area contributed by atoms with Crippen LogP contribution >= 0.6 is 0 Å². The summed E-state index contributed by atoms with van der Waals surface area (Å²) < 4.78 is 61.8. The summed E-state index contributed by atoms with van der Waals surface area (Å²) in [5.74, 6) is -0.251. The maximum absolute atomic E-state index is 12.3. The minimum absolute atomic E-state index is 0.251. The van der Waals surface area contributed by atoms with Crippen molar-refractivity contribution in [1.82, 2.24) is 0 Å². The molecule has 3 nitrogen and oxygen atoms in total. The van der Waals surface area contributed by atoms with Crippen molar-refractivity contribution in [1.29, 1.82) is 0 Å². The van der Waals surface area contributed by atoms with Gasteiger partial charge in [0.1, 0.15) is 0 Å². The first-order valence-corrected chi connectivity index (χ1v) is 8.41. The van der Waals surface area contributed by atoms with Gasteiger partial charge in [0.2, 0.25) is 0 Å². The molecule has 0 radical (unpaired) electrons. The van der Waals surface area contributed by atoms with E-state index in [-0.39, 0.29) is 5.75 Å². The highest BCUT2D eigenvalue weighted by Crippen LogP contribution is 2.30. The van der Waals surface area contributed by atoms with Crippen LogP contribution in [0.1, 0.15) is 18.9 Å². The number of hydrogen-bond acceptors (Lipinski definition) is 2. The summed E-state index contributed by atoms with van der Waals surface area (Å²) in [5.41, 5.74) is -2.49. The van der Waals surface area contributed by atoms with Gasteiger partial charge in [-0.1, -0.05) is 37.6 Å². The van der Waals surface area contributed by atoms with Crippen molar-refractivity contribution in [2.45, 2.75) is 25.3 Å². The van der Waals surface area contributed by atoms with Crippen molar-refractivity contribution >= 4 is 10.1 Å². The number of hydrogen-bond donors (Lipinski definition) is 0. The topological polar surface area (TPSA) is 46.9 Å². The number of aryl methyl sites for hydroxylation is 1. The van der Waals surface area contributed by atoms with Crippen LogP contribution < -0.4 is 0 Å². The van der Waals surface area contributed by atoms with Crippen molar-refractivity contribution in [3.8, 4) is 16.9 Å². The summed E-state index contributed by atoms with van der Waals surface area (Å²) in [6.45, 7) is 2.06. The lowest BCUT2D eigenvalue weighted by molar-refractivity contribution is -0.0580. The van der Waals surface area contributed by atoms with E-state index in [2.05, 4.69) is 11.1 Å². The first-order valence-electron chi connectivity index (χ1n) is 6.97. The third kappa shape index (κ3) is 4.04. The Bertz CT molecular complexity index is 766. The summed E-state index contributed by atoms with van der Waals surface area (Å²) >= 11 is 0. The third-order valence-electron chi connectivity index (χ3n) is 3.23. The smallest absolute Gasteiger partial charge is 0.467 e. The second kappa shape index (κ2) is 6.62. The molecule has 0 aliphatic rings. The summed E-state index contributed by atoms with van der Waals surface area (Å²) in [6.07, 6.45) is 1.85. The zero-order valence-corrected chi connectivity index (χ0v) is 13.2. The van der Waals surface area contributed by atoms with Crippen molar-refractivity contribution in [2.24, 2.45) is 0 Å². The highest BCUT2D eigenvalue weighted by molar-refractivity contribution is 7.87. The molecule has 0 aliphatic carbocycles. The first kappa shape index (κ1) is 17.3. The number of aromatic hydroxyl groups is 1. The van der Waals surface area contributed by atoms with E-state index in [1.54, 1.807) is 12.1 Å². The Morgan fingerprint density at radius 2 is 1.61 bits per heavy atom. The molecule has 0 spiro atoms. The molecule has 0 aliphatic heterocycles. The van der Waals surface area contributed by atoms with E-state index in [0.29, 0.717) is 0 Å². The fourth-order valence-electron chi connectivity index (χ4n) is 2.18. The van der Waals surface area contributed by atoms with Crippen molar-refractivity contribution in [3.05, 3.63) is 54.1 Å². The van der Waals surface area contributed by atoms with Gasteiger partial charge in [-0.15, -0.1) is 21.6 Å². The summed E-state index contributed by atoms with van der Waals surface area (Å²) in [7, 11) is -5.52. The summed E-state index contributed by atoms with van der Waals surface area (Å²) in [6, 6.07) is 13.4. The molecule has 0 atom stereocenters. The minimum atomic E-state index is -5.52. The van der Waals surface area contributed by atoms with Crippen molar-refractivity contribution in [3.63, 3.8) is 0 Å². The Labute approximate surface area is 132 Å². The highest BCUT2D eigenvalue weighted by Gasteiger charge is 2.53. The quantitative estimate of drug-likeness (QED) is 0.349. The predicted octanol–water partition coefficient (Wildman–Crippen LogP) is 4.40. The molecule has 0 unspecified atom stereocenters. The van der Waals surface area contributed by atoms with E-state index < -0.39 is 15.6 Å². The molecule has 2 rings (SSSR count). The Kier molecular flexibility index (Phi) is 4.99. The molecule has 0 aromatic heterocycles. The molecule has 0 saturated heterocycles. The molecule has 0 saturated carbocycles. The van der Waals surface area contributed by atoms with Crippen LogP contribution in [0, 0.1) is 0 Å². The van der Waals surface area contributed by atoms with Crippen LogP contribution in [0.5, 0.6) is 5.75 Å². The molecule has 124 valence electrons. The molecule has 0 amide bonds. The SMILES string of the molecule is CCCc1ccccc1-c1ccc([OH+]S(=O)(=O)C(F)(F)F)cc1. The van der Waals surface area contributed by atoms with Crippen LogP contribution in [0.4, 0.5) is 13.2 Å². The van der Waals surface area contributed by atoms with Gasteiger partial charge in [0, 0.05) is 12.1 Å². The first-order chi connectivity index (χ1) is 10.7. The average molecular weight is 345 g/mol. The lowest BCUT2D eigenvalue weighted by Crippen LogP contribution is -2.26. The van der Waals surface area contributed by atoms with Gasteiger partial charge in [0.15, 0.2) is 0 Å². The van der Waals surface area contributed by atoms with Crippen molar-refractivity contribution < 1.29 is 25.8 Å². The molecule has 23 heavy (non-hydrogen) atoms. The van der Waals surface area contributed by atoms with Crippen LogP contribution in [0.2, 0.25) is 0 Å². The van der Waals surface area contributed by atoms with E-state index in [1.807, 2.05) is 24.3 Å². The summed E-state index contributed by atoms with van der Waals surface area (Å²) in [4.78, 5) is 0. The van der Waals surface area contributed by atoms with E-state index >= 15 is 0 Å². The van der Waals surface area contributed by atoms with E-state index in [0.717, 1.165) is 29.5 Å². The van der Waals surface area contributed by atoms with Gasteiger partial charge in [-0.25, -0.2) is 0 Å². The Morgan fingerprint density at radius 1 is 1.00 bits per heavy atom. The van der Waals surface area contributed by atoms with Crippen LogP contribution in [-0.4, -0.2) is 18.1 Å². The van der Waals surface area contributed by atoms with Gasteiger partial charge in [0.25, 0.3) is 5.75 Å². The van der Waals surface area contributed by atoms with E-state index in [1.165, 1.54) is 12.1 Å². The molecule has 7 heteroatoms. The van der Waals surface area contributed by atoms with Gasteiger partial charge >= 0.3 is 15.6 Å². The fourth-order valence-corrected chi connectivity index (χ4v) is 2.68. The number of alkyl halides is 3. The fraction of sp³-hybridized carbons (Fsp3) is 0.250. The molecular formula is C16H16F3O3S+. The maximum atomic E-state index is 12.3. The van der Waals surface area contributed by atoms with Crippen LogP contribution in [-0.2, 0) is 16.5 Å². The van der Waals surface area contributed by atoms with E-state index in [9.17, 15) is 21.6 Å². The normalized spacial score (nSPS) is 12.2. The van der Waals surface area contributed by atoms with E-state index in [4.69, 9.17) is 0 Å². The standard InChI is InChI=1S/C16H15F3O3S/c1-2-5-12-6-3-4-7-15(12)13-8-10-14(11-9-13)22-23(20,21)16(17,18)19/h3-4,6-11H,2,5H2,1H3/p+1. The zero-order chi connectivity index (χ0) is 17.1. The molecule has 0 heterocycles. The molecule has 2 aromatic carbocycles. The molecular weight excluding hydrogens is 329 g/mol. The van der Waals surface area contributed by atoms with Crippen LogP contribution in [0.3, 0.4) is 0 Å². The van der Waals surface area contributed by atoms with Gasteiger partial charge in [-0.05, 0) is 35.2 Å². The van der Waals surface area contributed by atoms with Crippen LogP contribution in [0.15, 0.2) is 48.5 Å². The second-order valence-corrected chi connectivity index (χ2v) is 6.56. The third-order valence-corrected chi connectivity index (χ3v) is 4.27.